The maximum Gasteiger partial charge on any atom is 0.337 e. The zero-order valence-electron chi connectivity index (χ0n) is 20.7. The largest absolute Gasteiger partial charge is 0.768 e. The third kappa shape index (κ3) is 5.57. The molecule has 0 aliphatic carbocycles. The third-order valence-corrected chi connectivity index (χ3v) is 7.17. The van der Waals surface area contributed by atoms with Crippen LogP contribution in [0.2, 0.25) is 5.02 Å². The zero-order valence-corrected chi connectivity index (χ0v) is 22.3. The number of carboxylic acid groups (broad SMARTS) is 1. The molecule has 0 saturated carbocycles. The van der Waals surface area contributed by atoms with E-state index in [-0.39, 0.29) is 15.5 Å². The lowest BCUT2D eigenvalue weighted by Gasteiger charge is -2.31. The molecule has 0 aliphatic heterocycles. The molecule has 0 spiro atoms. The van der Waals surface area contributed by atoms with Gasteiger partial charge >= 0.3 is 5.97 Å². The molecule has 196 valence electrons. The van der Waals surface area contributed by atoms with Gasteiger partial charge in [0.1, 0.15) is 5.82 Å². The molecule has 9 heteroatoms. The van der Waals surface area contributed by atoms with Crippen LogP contribution in [0.3, 0.4) is 0 Å². The zero-order chi connectivity index (χ0) is 27.4. The minimum absolute atomic E-state index is 0.00640. The highest BCUT2D eigenvalue weighted by molar-refractivity contribution is 7.79. The smallest absolute Gasteiger partial charge is 0.337 e. The normalized spacial score (nSPS) is 11.7. The van der Waals surface area contributed by atoms with Gasteiger partial charge in [0.05, 0.1) is 27.6 Å². The SMILES string of the molecule is CCCN(c1ccccc1F)c1cc(N(C)c2ccccc2)c(S(=O)[O-])cc1-c1ccc(Cl)c(C(=O)O)c1. The Bertz CT molecular complexity index is 1500. The lowest BCUT2D eigenvalue weighted by molar-refractivity contribution is 0.0697. The summed E-state index contributed by atoms with van der Waals surface area (Å²) in [5.74, 6) is -1.66. The number of benzene rings is 4. The fraction of sp³-hybridized carbons (Fsp3) is 0.138. The van der Waals surface area contributed by atoms with Crippen LogP contribution in [-0.4, -0.2) is 33.4 Å². The first-order valence-corrected chi connectivity index (χ1v) is 13.3. The summed E-state index contributed by atoms with van der Waals surface area (Å²) < 4.78 is 40.1. The second-order valence-electron chi connectivity index (χ2n) is 8.57. The number of carbonyl (C=O) groups is 1. The fourth-order valence-electron chi connectivity index (χ4n) is 4.32. The molecule has 1 N–H and O–H groups in total. The van der Waals surface area contributed by atoms with Crippen LogP contribution in [0.4, 0.5) is 27.1 Å². The van der Waals surface area contributed by atoms with Crippen molar-refractivity contribution in [3.8, 4) is 11.1 Å². The highest BCUT2D eigenvalue weighted by Crippen LogP contribution is 2.43. The molecule has 0 amide bonds. The van der Waals surface area contributed by atoms with E-state index in [1.54, 1.807) is 47.2 Å². The molecule has 4 rings (SSSR count). The second-order valence-corrected chi connectivity index (χ2v) is 9.89. The molecule has 0 aliphatic rings. The van der Waals surface area contributed by atoms with Crippen LogP contribution >= 0.6 is 11.6 Å². The average molecular weight is 552 g/mol. The first-order valence-electron chi connectivity index (χ1n) is 11.8. The second kappa shape index (κ2) is 11.8. The summed E-state index contributed by atoms with van der Waals surface area (Å²) in [4.78, 5) is 15.3. The van der Waals surface area contributed by atoms with E-state index in [0.717, 1.165) is 5.69 Å². The van der Waals surface area contributed by atoms with Crippen molar-refractivity contribution >= 4 is 51.4 Å². The molecular weight excluding hydrogens is 527 g/mol. The fourth-order valence-corrected chi connectivity index (χ4v) is 5.10. The van der Waals surface area contributed by atoms with Crippen molar-refractivity contribution in [1.82, 2.24) is 0 Å². The topological polar surface area (TPSA) is 83.9 Å². The van der Waals surface area contributed by atoms with Gasteiger partial charge in [-0.05, 0) is 71.6 Å². The predicted octanol–water partition coefficient (Wildman–Crippen LogP) is 7.40. The Morgan fingerprint density at radius 2 is 1.66 bits per heavy atom. The molecular formula is C29H25ClFN2O4S-. The Balaban J connectivity index is 2.06. The van der Waals surface area contributed by atoms with Crippen LogP contribution in [-0.2, 0) is 11.1 Å². The van der Waals surface area contributed by atoms with Crippen LogP contribution in [0.15, 0.2) is 89.8 Å². The number of hydrogen-bond donors (Lipinski definition) is 1. The van der Waals surface area contributed by atoms with Crippen molar-refractivity contribution in [2.45, 2.75) is 18.2 Å². The molecule has 1 unspecified atom stereocenters. The molecule has 0 bridgehead atoms. The minimum Gasteiger partial charge on any atom is -0.768 e. The molecule has 4 aromatic carbocycles. The molecule has 6 nitrogen and oxygen atoms in total. The van der Waals surface area contributed by atoms with Crippen LogP contribution < -0.4 is 9.80 Å². The first kappa shape index (κ1) is 27.3. The lowest BCUT2D eigenvalue weighted by atomic mass is 9.99. The highest BCUT2D eigenvalue weighted by atomic mass is 35.5. The van der Waals surface area contributed by atoms with Crippen LogP contribution in [0, 0.1) is 5.82 Å². The first-order chi connectivity index (χ1) is 18.2. The summed E-state index contributed by atoms with van der Waals surface area (Å²) in [5, 5.41) is 9.70. The van der Waals surface area contributed by atoms with Crippen LogP contribution in [0.5, 0.6) is 0 Å². The summed E-state index contributed by atoms with van der Waals surface area (Å²) in [7, 11) is 1.75. The van der Waals surface area contributed by atoms with Crippen molar-refractivity contribution in [2.24, 2.45) is 0 Å². The molecule has 4 aromatic rings. The van der Waals surface area contributed by atoms with Gasteiger partial charge in [0.2, 0.25) is 0 Å². The van der Waals surface area contributed by atoms with Gasteiger partial charge in [-0.2, -0.15) is 0 Å². The van der Waals surface area contributed by atoms with Crippen molar-refractivity contribution in [3.63, 3.8) is 0 Å². The van der Waals surface area contributed by atoms with E-state index in [9.17, 15) is 18.7 Å². The van der Waals surface area contributed by atoms with E-state index in [1.165, 1.54) is 24.3 Å². The van der Waals surface area contributed by atoms with Crippen molar-refractivity contribution < 1.29 is 23.1 Å². The standard InChI is InChI=1S/C29H26ClFN2O4S/c1-3-15-33(25-12-8-7-11-24(25)31)26-18-27(32(2)20-9-5-4-6-10-20)28(38(36)37)17-21(26)19-13-14-23(30)22(16-19)29(34)35/h4-14,16-18H,3,15H2,1-2H3,(H,34,35)(H,36,37)/p-1. The Labute approximate surface area is 228 Å². The van der Waals surface area contributed by atoms with Crippen molar-refractivity contribution in [1.29, 1.82) is 0 Å². The summed E-state index contributed by atoms with van der Waals surface area (Å²) in [6, 6.07) is 23.3. The molecule has 0 aromatic heterocycles. The van der Waals surface area contributed by atoms with E-state index >= 15 is 4.39 Å². The molecule has 1 atom stereocenters. The Morgan fingerprint density at radius 1 is 0.974 bits per heavy atom. The lowest BCUT2D eigenvalue weighted by Crippen LogP contribution is -2.21. The number of halogens is 2. The number of aromatic carboxylic acids is 1. The van der Waals surface area contributed by atoms with Gasteiger partial charge in [-0.1, -0.05) is 54.9 Å². The number of rotatable bonds is 9. The maximum atomic E-state index is 15.1. The molecule has 0 radical (unpaired) electrons. The summed E-state index contributed by atoms with van der Waals surface area (Å²) in [6.07, 6.45) is 0.661. The number of carboxylic acids is 1. The maximum absolute atomic E-state index is 15.1. The van der Waals surface area contributed by atoms with E-state index in [2.05, 4.69) is 0 Å². The summed E-state index contributed by atoms with van der Waals surface area (Å²) in [5.41, 5.74) is 2.69. The van der Waals surface area contributed by atoms with Crippen molar-refractivity contribution in [2.75, 3.05) is 23.4 Å². The van der Waals surface area contributed by atoms with Crippen molar-refractivity contribution in [3.05, 3.63) is 101 Å². The monoisotopic (exact) mass is 551 g/mol. The predicted molar refractivity (Wildman–Crippen MR) is 149 cm³/mol. The third-order valence-electron chi connectivity index (χ3n) is 6.15. The van der Waals surface area contributed by atoms with Gasteiger partial charge in [0, 0.05) is 29.7 Å². The van der Waals surface area contributed by atoms with E-state index in [1.807, 2.05) is 37.3 Å². The van der Waals surface area contributed by atoms with E-state index in [0.29, 0.717) is 41.2 Å². The van der Waals surface area contributed by atoms with Gasteiger partial charge in [-0.25, -0.2) is 9.18 Å². The molecule has 38 heavy (non-hydrogen) atoms. The summed E-state index contributed by atoms with van der Waals surface area (Å²) in [6.45, 7) is 2.37. The summed E-state index contributed by atoms with van der Waals surface area (Å²) >= 11 is 3.48. The minimum atomic E-state index is -2.64. The molecule has 0 saturated heterocycles. The number of anilines is 4. The van der Waals surface area contributed by atoms with Crippen LogP contribution in [0.1, 0.15) is 23.7 Å². The highest BCUT2D eigenvalue weighted by Gasteiger charge is 2.23. The van der Waals surface area contributed by atoms with E-state index < -0.39 is 22.9 Å². The molecule has 0 heterocycles. The van der Waals surface area contributed by atoms with Gasteiger partial charge in [0.25, 0.3) is 0 Å². The Kier molecular flexibility index (Phi) is 8.46. The van der Waals surface area contributed by atoms with E-state index in [4.69, 9.17) is 11.6 Å². The molecule has 0 fully saturated rings. The van der Waals surface area contributed by atoms with Gasteiger partial charge in [-0.3, -0.25) is 4.21 Å². The average Bonchev–Trinajstić information content (AvgIpc) is 2.92. The number of nitrogens with zero attached hydrogens (tertiary/aromatic N) is 2. The number of hydrogen-bond acceptors (Lipinski definition) is 5. The Hall–Kier alpha value is -3.72. The van der Waals surface area contributed by atoms with Crippen LogP contribution in [0.25, 0.3) is 11.1 Å². The van der Waals surface area contributed by atoms with Gasteiger partial charge < -0.3 is 19.5 Å². The number of para-hydroxylation sites is 2. The quantitative estimate of drug-likeness (QED) is 0.218. The van der Waals surface area contributed by atoms with Gasteiger partial charge in [-0.15, -0.1) is 0 Å². The van der Waals surface area contributed by atoms with Gasteiger partial charge in [0.15, 0.2) is 0 Å². The Morgan fingerprint density at radius 3 is 2.29 bits per heavy atom.